The fraction of sp³-hybridized carbons (Fsp3) is 0.294. The Morgan fingerprint density at radius 3 is 2.39 bits per heavy atom. The first-order chi connectivity index (χ1) is 19.7. The molecule has 0 bridgehead atoms. The van der Waals surface area contributed by atoms with Crippen LogP contribution >= 0.6 is 0 Å². The SMILES string of the molecule is CCn1cc(-c2ccc3c(c2)C[C@@H](C)N(c2ccc(C(C)C)cc2)[C@@H]3c2c(F)cc(/C=C/C(=O)OC)cc2F)cn1. The Morgan fingerprint density at radius 1 is 1.07 bits per heavy atom. The fourth-order valence-electron chi connectivity index (χ4n) is 5.66. The molecule has 0 spiro atoms. The first-order valence-corrected chi connectivity index (χ1v) is 14.0. The van der Waals surface area contributed by atoms with E-state index in [9.17, 15) is 4.79 Å². The van der Waals surface area contributed by atoms with E-state index in [4.69, 9.17) is 0 Å². The number of anilines is 1. The van der Waals surface area contributed by atoms with Crippen LogP contribution in [0.2, 0.25) is 0 Å². The quantitative estimate of drug-likeness (QED) is 0.173. The molecule has 3 aromatic carbocycles. The van der Waals surface area contributed by atoms with Gasteiger partial charge in [-0.2, -0.15) is 5.10 Å². The number of aryl methyl sites for hydroxylation is 1. The lowest BCUT2D eigenvalue weighted by Crippen LogP contribution is -2.43. The van der Waals surface area contributed by atoms with E-state index in [0.29, 0.717) is 5.92 Å². The summed E-state index contributed by atoms with van der Waals surface area (Å²) in [5.41, 5.74) is 6.26. The molecule has 212 valence electrons. The summed E-state index contributed by atoms with van der Waals surface area (Å²) in [5, 5.41) is 4.41. The molecule has 0 fully saturated rings. The Balaban J connectivity index is 1.65. The van der Waals surface area contributed by atoms with E-state index < -0.39 is 23.6 Å². The van der Waals surface area contributed by atoms with E-state index in [1.54, 1.807) is 0 Å². The van der Waals surface area contributed by atoms with Gasteiger partial charge in [0.15, 0.2) is 0 Å². The molecule has 0 amide bonds. The fourth-order valence-corrected chi connectivity index (χ4v) is 5.66. The van der Waals surface area contributed by atoms with E-state index in [1.807, 2.05) is 48.3 Å². The third-order valence-electron chi connectivity index (χ3n) is 7.84. The van der Waals surface area contributed by atoms with Crippen molar-refractivity contribution in [2.24, 2.45) is 0 Å². The molecule has 7 heteroatoms. The number of aromatic nitrogens is 2. The number of carbonyl (C=O) groups is 1. The maximum Gasteiger partial charge on any atom is 0.330 e. The Morgan fingerprint density at radius 2 is 1.78 bits per heavy atom. The number of carbonyl (C=O) groups excluding carboxylic acids is 1. The molecule has 0 saturated heterocycles. The first kappa shape index (κ1) is 28.3. The number of halogens is 2. The number of benzene rings is 3. The van der Waals surface area contributed by atoms with E-state index in [1.165, 1.54) is 30.9 Å². The molecule has 5 rings (SSSR count). The van der Waals surface area contributed by atoms with Gasteiger partial charge in [-0.15, -0.1) is 0 Å². The van der Waals surface area contributed by atoms with Crippen LogP contribution in [0, 0.1) is 11.6 Å². The molecule has 41 heavy (non-hydrogen) atoms. The highest BCUT2D eigenvalue weighted by atomic mass is 19.1. The number of rotatable bonds is 7. The van der Waals surface area contributed by atoms with Gasteiger partial charge in [-0.1, -0.05) is 44.2 Å². The smallest absolute Gasteiger partial charge is 0.330 e. The van der Waals surface area contributed by atoms with Gasteiger partial charge < -0.3 is 9.64 Å². The number of methoxy groups -OCH3 is 1. The maximum absolute atomic E-state index is 15.9. The van der Waals surface area contributed by atoms with Gasteiger partial charge in [-0.25, -0.2) is 13.6 Å². The minimum absolute atomic E-state index is 0.0208. The highest BCUT2D eigenvalue weighted by Gasteiger charge is 2.37. The van der Waals surface area contributed by atoms with Gasteiger partial charge >= 0.3 is 5.97 Å². The molecule has 0 saturated carbocycles. The van der Waals surface area contributed by atoms with Crippen molar-refractivity contribution in [3.63, 3.8) is 0 Å². The third-order valence-corrected chi connectivity index (χ3v) is 7.84. The van der Waals surface area contributed by atoms with Gasteiger partial charge in [0.1, 0.15) is 11.6 Å². The molecule has 1 aromatic heterocycles. The molecule has 1 aliphatic heterocycles. The summed E-state index contributed by atoms with van der Waals surface area (Å²) < 4.78 is 38.4. The van der Waals surface area contributed by atoms with Gasteiger partial charge in [-0.3, -0.25) is 4.68 Å². The van der Waals surface area contributed by atoms with Crippen molar-refractivity contribution in [2.45, 2.75) is 58.7 Å². The number of fused-ring (bicyclic) bond motifs is 1. The molecule has 0 radical (unpaired) electrons. The van der Waals surface area contributed by atoms with Crippen molar-refractivity contribution >= 4 is 17.7 Å². The molecular weight excluding hydrogens is 520 g/mol. The summed E-state index contributed by atoms with van der Waals surface area (Å²) in [4.78, 5) is 13.7. The monoisotopic (exact) mass is 555 g/mol. The standard InChI is InChI=1S/C34H35F2N3O2/c1-6-38-20-27(19-37-38)25-10-13-29-26(18-25)15-22(4)39(28-11-8-24(9-12-28)21(2)3)34(29)33-30(35)16-23(17-31(33)36)7-14-32(40)41-5/h7-14,16-22,34H,6,15H2,1-5H3/b14-7+/t22-,34+/m1/s1. The van der Waals surface area contributed by atoms with Crippen LogP contribution in [-0.2, 0) is 22.5 Å². The van der Waals surface area contributed by atoms with Crippen LogP contribution in [0.1, 0.15) is 67.5 Å². The van der Waals surface area contributed by atoms with Crippen molar-refractivity contribution in [3.05, 3.63) is 113 Å². The Bertz CT molecular complexity index is 1570. The van der Waals surface area contributed by atoms with Crippen molar-refractivity contribution in [3.8, 4) is 11.1 Å². The lowest BCUT2D eigenvalue weighted by molar-refractivity contribution is -0.134. The van der Waals surface area contributed by atoms with E-state index >= 15 is 8.78 Å². The minimum Gasteiger partial charge on any atom is -0.466 e. The number of esters is 1. The highest BCUT2D eigenvalue weighted by molar-refractivity contribution is 5.87. The first-order valence-electron chi connectivity index (χ1n) is 14.0. The normalized spacial score (nSPS) is 16.8. The second-order valence-corrected chi connectivity index (χ2v) is 10.9. The molecule has 0 unspecified atom stereocenters. The van der Waals surface area contributed by atoms with Crippen LogP contribution in [0.15, 0.2) is 73.1 Å². The van der Waals surface area contributed by atoms with Crippen LogP contribution < -0.4 is 4.90 Å². The van der Waals surface area contributed by atoms with E-state index in [2.05, 4.69) is 53.7 Å². The predicted octanol–water partition coefficient (Wildman–Crippen LogP) is 7.70. The zero-order valence-electron chi connectivity index (χ0n) is 24.1. The summed E-state index contributed by atoms with van der Waals surface area (Å²) >= 11 is 0. The molecule has 2 atom stereocenters. The van der Waals surface area contributed by atoms with Crippen LogP contribution in [0.5, 0.6) is 0 Å². The molecule has 0 aliphatic carbocycles. The average Bonchev–Trinajstić information content (AvgIpc) is 3.45. The van der Waals surface area contributed by atoms with Gasteiger partial charge in [0.2, 0.25) is 0 Å². The van der Waals surface area contributed by atoms with E-state index in [0.717, 1.165) is 47.0 Å². The third kappa shape index (κ3) is 5.67. The second kappa shape index (κ2) is 11.7. The second-order valence-electron chi connectivity index (χ2n) is 10.9. The topological polar surface area (TPSA) is 47.4 Å². The lowest BCUT2D eigenvalue weighted by Gasteiger charge is -2.44. The average molecular weight is 556 g/mol. The van der Waals surface area contributed by atoms with Crippen LogP contribution in [-0.4, -0.2) is 28.9 Å². The number of ether oxygens (including phenoxy) is 1. The zero-order valence-corrected chi connectivity index (χ0v) is 24.1. The van der Waals surface area contributed by atoms with Crippen LogP contribution in [0.25, 0.3) is 17.2 Å². The predicted molar refractivity (Wildman–Crippen MR) is 159 cm³/mol. The van der Waals surface area contributed by atoms with Gasteiger partial charge in [0.05, 0.1) is 24.9 Å². The summed E-state index contributed by atoms with van der Waals surface area (Å²) in [6.07, 6.45) is 7.07. The van der Waals surface area contributed by atoms with Crippen molar-refractivity contribution in [1.29, 1.82) is 0 Å². The largest absolute Gasteiger partial charge is 0.466 e. The van der Waals surface area contributed by atoms with Gasteiger partial charge in [0.25, 0.3) is 0 Å². The lowest BCUT2D eigenvalue weighted by atomic mass is 9.82. The molecule has 5 nitrogen and oxygen atoms in total. The summed E-state index contributed by atoms with van der Waals surface area (Å²) in [5.74, 6) is -1.56. The van der Waals surface area contributed by atoms with Gasteiger partial charge in [-0.05, 0) is 84.3 Å². The Kier molecular flexibility index (Phi) is 8.06. The number of hydrogen-bond acceptors (Lipinski definition) is 4. The minimum atomic E-state index is -0.690. The molecule has 0 N–H and O–H groups in total. The molecule has 4 aromatic rings. The van der Waals surface area contributed by atoms with E-state index in [-0.39, 0.29) is 17.2 Å². The molecular formula is C34H35F2N3O2. The summed E-state index contributed by atoms with van der Waals surface area (Å²) in [6.45, 7) is 9.19. The van der Waals surface area contributed by atoms with Crippen molar-refractivity contribution < 1.29 is 18.3 Å². The van der Waals surface area contributed by atoms with Crippen LogP contribution in [0.3, 0.4) is 0 Å². The summed E-state index contributed by atoms with van der Waals surface area (Å²) in [7, 11) is 1.25. The van der Waals surface area contributed by atoms with Crippen LogP contribution in [0.4, 0.5) is 14.5 Å². The Hall–Kier alpha value is -4.26. The molecule has 2 heterocycles. The number of nitrogens with zero attached hydrogens (tertiary/aromatic N) is 3. The highest BCUT2D eigenvalue weighted by Crippen LogP contribution is 2.44. The van der Waals surface area contributed by atoms with Crippen molar-refractivity contribution in [1.82, 2.24) is 9.78 Å². The van der Waals surface area contributed by atoms with Crippen molar-refractivity contribution in [2.75, 3.05) is 12.0 Å². The Labute approximate surface area is 240 Å². The zero-order chi connectivity index (χ0) is 29.3. The maximum atomic E-state index is 15.9. The number of hydrogen-bond donors (Lipinski definition) is 0. The molecule has 1 aliphatic rings. The summed E-state index contributed by atoms with van der Waals surface area (Å²) in [6, 6.07) is 16.2. The van der Waals surface area contributed by atoms with Gasteiger partial charge in [0, 0.05) is 36.1 Å².